The number of carbonyl (C=O) groups is 2. The van der Waals surface area contributed by atoms with Crippen molar-refractivity contribution in [1.82, 2.24) is 4.90 Å². The maximum Gasteiger partial charge on any atom is 0.293 e. The van der Waals surface area contributed by atoms with Gasteiger partial charge in [0.05, 0.1) is 23.6 Å². The van der Waals surface area contributed by atoms with E-state index in [2.05, 4.69) is 0 Å². The number of methoxy groups -OCH3 is 1. The van der Waals surface area contributed by atoms with Crippen molar-refractivity contribution in [2.24, 2.45) is 0 Å². The summed E-state index contributed by atoms with van der Waals surface area (Å²) in [5, 5.41) is -0.404. The second kappa shape index (κ2) is 9.50. The lowest BCUT2D eigenvalue weighted by Crippen LogP contribution is -2.32. The third-order valence-electron chi connectivity index (χ3n) is 4.62. The van der Waals surface area contributed by atoms with E-state index in [1.807, 2.05) is 6.07 Å². The summed E-state index contributed by atoms with van der Waals surface area (Å²) < 4.78 is 30.0. The van der Waals surface area contributed by atoms with Crippen molar-refractivity contribution in [2.75, 3.05) is 20.3 Å². The highest BCUT2D eigenvalue weighted by atomic mass is 35.5. The molecule has 2 heterocycles. The van der Waals surface area contributed by atoms with E-state index < -0.39 is 11.7 Å². The highest BCUT2D eigenvalue weighted by Gasteiger charge is 2.35. The summed E-state index contributed by atoms with van der Waals surface area (Å²) in [5.41, 5.74) is 0.595. The van der Waals surface area contributed by atoms with Crippen molar-refractivity contribution in [3.05, 3.63) is 76.1 Å². The van der Waals surface area contributed by atoms with Crippen molar-refractivity contribution in [3.8, 4) is 22.8 Å². The summed E-state index contributed by atoms with van der Waals surface area (Å²) in [4.78, 5) is 26.4. The van der Waals surface area contributed by atoms with Crippen LogP contribution in [0.2, 0.25) is 5.02 Å². The van der Waals surface area contributed by atoms with Crippen LogP contribution in [-0.4, -0.2) is 36.3 Å². The van der Waals surface area contributed by atoms with Crippen molar-refractivity contribution in [1.29, 1.82) is 0 Å². The molecule has 0 bridgehead atoms. The second-order valence-corrected chi connectivity index (χ2v) is 8.06. The summed E-state index contributed by atoms with van der Waals surface area (Å²) in [5.74, 6) is 0.995. The number of halogens is 2. The molecule has 2 amide bonds. The molecule has 1 aliphatic rings. The van der Waals surface area contributed by atoms with E-state index in [0.717, 1.165) is 16.7 Å². The number of para-hydroxylation sites is 2. The molecular weight excluding hydrogens is 457 g/mol. The monoisotopic (exact) mass is 473 g/mol. The number of furan rings is 1. The van der Waals surface area contributed by atoms with E-state index in [9.17, 15) is 14.0 Å². The molecule has 1 aromatic heterocycles. The van der Waals surface area contributed by atoms with Crippen LogP contribution in [0.5, 0.6) is 11.5 Å². The summed E-state index contributed by atoms with van der Waals surface area (Å²) in [7, 11) is 1.54. The van der Waals surface area contributed by atoms with Crippen LogP contribution < -0.4 is 9.47 Å². The zero-order valence-corrected chi connectivity index (χ0v) is 18.4. The molecule has 6 nitrogen and oxygen atoms in total. The highest BCUT2D eigenvalue weighted by Crippen LogP contribution is 2.34. The molecule has 1 saturated heterocycles. The molecule has 1 aliphatic heterocycles. The first-order valence-corrected chi connectivity index (χ1v) is 10.7. The lowest BCUT2D eigenvalue weighted by atomic mass is 10.2. The molecular formula is C23H17ClFNO5S. The lowest BCUT2D eigenvalue weighted by molar-refractivity contribution is -0.123. The van der Waals surface area contributed by atoms with Crippen molar-refractivity contribution in [3.63, 3.8) is 0 Å². The number of amides is 2. The molecule has 32 heavy (non-hydrogen) atoms. The van der Waals surface area contributed by atoms with Crippen LogP contribution in [-0.2, 0) is 4.79 Å². The van der Waals surface area contributed by atoms with Gasteiger partial charge in [0.1, 0.15) is 23.9 Å². The van der Waals surface area contributed by atoms with Gasteiger partial charge in [0.2, 0.25) is 0 Å². The number of ether oxygens (including phenoxy) is 2. The average molecular weight is 474 g/mol. The molecule has 0 N–H and O–H groups in total. The molecule has 2 aromatic carbocycles. The van der Waals surface area contributed by atoms with Crippen LogP contribution >= 0.6 is 23.4 Å². The van der Waals surface area contributed by atoms with E-state index >= 15 is 0 Å². The molecule has 0 spiro atoms. The topological polar surface area (TPSA) is 69.0 Å². The quantitative estimate of drug-likeness (QED) is 0.400. The van der Waals surface area contributed by atoms with Crippen molar-refractivity contribution < 1.29 is 27.9 Å². The Hall–Kier alpha value is -3.23. The first kappa shape index (κ1) is 22.0. The maximum atomic E-state index is 13.4. The summed E-state index contributed by atoms with van der Waals surface area (Å²) >= 11 is 6.65. The molecule has 0 aliphatic carbocycles. The molecule has 0 saturated carbocycles. The van der Waals surface area contributed by atoms with E-state index in [4.69, 9.17) is 25.5 Å². The maximum absolute atomic E-state index is 13.4. The lowest BCUT2D eigenvalue weighted by Gasteiger charge is -2.14. The smallest absolute Gasteiger partial charge is 0.293 e. The van der Waals surface area contributed by atoms with E-state index in [1.54, 1.807) is 36.4 Å². The first-order chi connectivity index (χ1) is 15.5. The minimum Gasteiger partial charge on any atom is -0.493 e. The number of hydrogen-bond acceptors (Lipinski definition) is 6. The number of carbonyl (C=O) groups excluding carboxylic acids is 2. The number of imide groups is 1. The number of rotatable bonds is 7. The van der Waals surface area contributed by atoms with Crippen LogP contribution in [0.1, 0.15) is 5.76 Å². The number of thioether (sulfide) groups is 1. The molecule has 1 fully saturated rings. The van der Waals surface area contributed by atoms with Gasteiger partial charge in [-0.2, -0.15) is 0 Å². The minimum atomic E-state index is -0.523. The fourth-order valence-electron chi connectivity index (χ4n) is 3.04. The molecule has 3 aromatic rings. The Labute approximate surface area is 192 Å². The molecule has 0 unspecified atom stereocenters. The molecule has 164 valence electrons. The Morgan fingerprint density at radius 2 is 1.91 bits per heavy atom. The van der Waals surface area contributed by atoms with Gasteiger partial charge in [0.25, 0.3) is 11.1 Å². The molecule has 4 rings (SSSR count). The van der Waals surface area contributed by atoms with Crippen LogP contribution in [0.3, 0.4) is 0 Å². The van der Waals surface area contributed by atoms with Gasteiger partial charge < -0.3 is 13.9 Å². The third kappa shape index (κ3) is 4.66. The zero-order chi connectivity index (χ0) is 22.7. The predicted molar refractivity (Wildman–Crippen MR) is 120 cm³/mol. The van der Waals surface area contributed by atoms with Crippen molar-refractivity contribution >= 4 is 40.6 Å². The largest absolute Gasteiger partial charge is 0.493 e. The van der Waals surface area contributed by atoms with E-state index in [-0.39, 0.29) is 28.3 Å². The summed E-state index contributed by atoms with van der Waals surface area (Å²) in [6, 6.07) is 14.7. The molecule has 0 radical (unpaired) electrons. The Balaban J connectivity index is 1.42. The van der Waals surface area contributed by atoms with Gasteiger partial charge in [-0.15, -0.1) is 0 Å². The number of hydrogen-bond donors (Lipinski definition) is 0. The van der Waals surface area contributed by atoms with E-state index in [0.29, 0.717) is 28.6 Å². The Morgan fingerprint density at radius 3 is 2.66 bits per heavy atom. The SMILES string of the molecule is COc1ccccc1OCCN1C(=O)S/C(=C\c2ccc(-c3ccc(F)c(Cl)c3)o2)C1=O. The Morgan fingerprint density at radius 1 is 1.12 bits per heavy atom. The molecule has 0 atom stereocenters. The van der Waals surface area contributed by atoms with Gasteiger partial charge in [0.15, 0.2) is 11.5 Å². The zero-order valence-electron chi connectivity index (χ0n) is 16.8. The Bertz CT molecular complexity index is 1210. The van der Waals surface area contributed by atoms with Gasteiger partial charge >= 0.3 is 0 Å². The number of benzene rings is 2. The summed E-state index contributed by atoms with van der Waals surface area (Å²) in [6.45, 7) is 0.222. The Kier molecular flexibility index (Phi) is 6.53. The minimum absolute atomic E-state index is 0.0167. The summed E-state index contributed by atoms with van der Waals surface area (Å²) in [6.07, 6.45) is 1.50. The van der Waals surface area contributed by atoms with Crippen LogP contribution in [0.15, 0.2) is 63.9 Å². The van der Waals surface area contributed by atoms with Crippen molar-refractivity contribution in [2.45, 2.75) is 0 Å². The first-order valence-electron chi connectivity index (χ1n) is 9.52. The van der Waals surface area contributed by atoms with E-state index in [1.165, 1.54) is 25.3 Å². The highest BCUT2D eigenvalue weighted by molar-refractivity contribution is 8.18. The normalized spacial score (nSPS) is 15.0. The second-order valence-electron chi connectivity index (χ2n) is 6.66. The van der Waals surface area contributed by atoms with Gasteiger partial charge in [-0.3, -0.25) is 14.5 Å². The van der Waals surface area contributed by atoms with Crippen LogP contribution in [0, 0.1) is 5.82 Å². The van der Waals surface area contributed by atoms with Gasteiger partial charge in [-0.1, -0.05) is 23.7 Å². The van der Waals surface area contributed by atoms with Gasteiger partial charge in [-0.25, -0.2) is 4.39 Å². The number of nitrogens with zero attached hydrogens (tertiary/aromatic N) is 1. The average Bonchev–Trinajstić information content (AvgIpc) is 3.36. The third-order valence-corrected chi connectivity index (χ3v) is 5.82. The van der Waals surface area contributed by atoms with Gasteiger partial charge in [-0.05, 0) is 54.2 Å². The predicted octanol–water partition coefficient (Wildman–Crippen LogP) is 5.86. The fourth-order valence-corrected chi connectivity index (χ4v) is 4.07. The van der Waals surface area contributed by atoms with Crippen LogP contribution in [0.4, 0.5) is 9.18 Å². The van der Waals surface area contributed by atoms with Gasteiger partial charge in [0, 0.05) is 11.6 Å². The fraction of sp³-hybridized carbons (Fsp3) is 0.130. The standard InChI is InChI=1S/C23H17ClFNO5S/c1-29-19-4-2-3-5-20(19)30-11-10-26-22(27)21(32-23(26)28)13-15-7-9-18(31-15)14-6-8-17(25)16(24)12-14/h2-9,12-13H,10-11H2,1H3/b21-13-. The van der Waals surface area contributed by atoms with Crippen LogP contribution in [0.25, 0.3) is 17.4 Å². The molecule has 9 heteroatoms.